The van der Waals surface area contributed by atoms with E-state index in [0.29, 0.717) is 18.1 Å². The Kier molecular flexibility index (Phi) is 3.39. The molecule has 16 heavy (non-hydrogen) atoms. The number of aryl methyl sites for hydroxylation is 2. The largest absolute Gasteiger partial charge is 0.316 e. The number of benzene rings is 1. The van der Waals surface area contributed by atoms with Crippen LogP contribution in [0.25, 0.3) is 0 Å². The van der Waals surface area contributed by atoms with Crippen molar-refractivity contribution < 1.29 is 4.79 Å². The molecule has 1 atom stereocenters. The highest BCUT2D eigenvalue weighted by molar-refractivity contribution is 5.96. The fraction of sp³-hybridized carbons (Fsp3) is 0.500. The average molecular weight is 217 g/mol. The van der Waals surface area contributed by atoms with Gasteiger partial charge in [-0.1, -0.05) is 17.2 Å². The molecule has 0 saturated carbocycles. The van der Waals surface area contributed by atoms with Gasteiger partial charge in [-0.05, 0) is 51.4 Å². The van der Waals surface area contributed by atoms with Gasteiger partial charge in [0.15, 0.2) is 5.78 Å². The van der Waals surface area contributed by atoms with E-state index in [1.807, 2.05) is 26.0 Å². The Morgan fingerprint density at radius 3 is 2.56 bits per heavy atom. The zero-order chi connectivity index (χ0) is 11.5. The molecule has 0 spiro atoms. The molecular formula is C14H19NO. The summed E-state index contributed by atoms with van der Waals surface area (Å²) in [5.41, 5.74) is 3.23. The summed E-state index contributed by atoms with van der Waals surface area (Å²) in [5, 5.41) is 3.30. The molecule has 1 aromatic rings. The van der Waals surface area contributed by atoms with Gasteiger partial charge in [0.2, 0.25) is 0 Å². The maximum Gasteiger partial charge on any atom is 0.163 e. The molecule has 1 unspecified atom stereocenters. The van der Waals surface area contributed by atoms with Crippen LogP contribution in [0.2, 0.25) is 0 Å². The topological polar surface area (TPSA) is 29.1 Å². The minimum absolute atomic E-state index is 0.292. The van der Waals surface area contributed by atoms with Gasteiger partial charge in [-0.3, -0.25) is 4.79 Å². The molecule has 2 nitrogen and oxygen atoms in total. The second-order valence-electron chi connectivity index (χ2n) is 4.86. The third kappa shape index (κ3) is 2.70. The smallest absolute Gasteiger partial charge is 0.163 e. The van der Waals surface area contributed by atoms with Gasteiger partial charge in [-0.2, -0.15) is 0 Å². The molecule has 1 fully saturated rings. The molecule has 1 aliphatic rings. The van der Waals surface area contributed by atoms with E-state index in [4.69, 9.17) is 0 Å². The third-order valence-electron chi connectivity index (χ3n) is 3.18. The van der Waals surface area contributed by atoms with Crippen molar-refractivity contribution in [1.82, 2.24) is 5.32 Å². The predicted octanol–water partition coefficient (Wildman–Crippen LogP) is 2.49. The Hall–Kier alpha value is -1.15. The van der Waals surface area contributed by atoms with E-state index < -0.39 is 0 Å². The monoisotopic (exact) mass is 217 g/mol. The van der Waals surface area contributed by atoms with Crippen LogP contribution in [-0.2, 0) is 0 Å². The molecule has 2 heteroatoms. The van der Waals surface area contributed by atoms with Crippen molar-refractivity contribution >= 4 is 5.78 Å². The molecular weight excluding hydrogens is 198 g/mol. The van der Waals surface area contributed by atoms with Gasteiger partial charge < -0.3 is 5.32 Å². The van der Waals surface area contributed by atoms with Crippen molar-refractivity contribution in [2.45, 2.75) is 26.7 Å². The molecule has 1 saturated heterocycles. The van der Waals surface area contributed by atoms with Crippen LogP contribution in [0.4, 0.5) is 0 Å². The van der Waals surface area contributed by atoms with Crippen LogP contribution < -0.4 is 5.32 Å². The minimum Gasteiger partial charge on any atom is -0.316 e. The van der Waals surface area contributed by atoms with Crippen molar-refractivity contribution in [3.05, 3.63) is 34.9 Å². The zero-order valence-electron chi connectivity index (χ0n) is 10.0. The molecule has 86 valence electrons. The van der Waals surface area contributed by atoms with Crippen LogP contribution in [0, 0.1) is 19.8 Å². The molecule has 0 aromatic heterocycles. The molecule has 2 rings (SSSR count). The molecule has 1 N–H and O–H groups in total. The zero-order valence-corrected chi connectivity index (χ0v) is 10.0. The summed E-state index contributed by atoms with van der Waals surface area (Å²) in [6.45, 7) is 6.14. The molecule has 0 amide bonds. The normalized spacial score (nSPS) is 20.0. The Labute approximate surface area is 97.1 Å². The van der Waals surface area contributed by atoms with Crippen molar-refractivity contribution in [1.29, 1.82) is 0 Å². The second kappa shape index (κ2) is 4.79. The number of hydrogen-bond donors (Lipinski definition) is 1. The highest BCUT2D eigenvalue weighted by atomic mass is 16.1. The lowest BCUT2D eigenvalue weighted by atomic mass is 9.96. The Balaban J connectivity index is 2.07. The van der Waals surface area contributed by atoms with E-state index in [9.17, 15) is 4.79 Å². The summed E-state index contributed by atoms with van der Waals surface area (Å²) in [4.78, 5) is 12.1. The van der Waals surface area contributed by atoms with Crippen molar-refractivity contribution in [3.8, 4) is 0 Å². The van der Waals surface area contributed by atoms with E-state index in [2.05, 4.69) is 11.4 Å². The van der Waals surface area contributed by atoms with E-state index in [-0.39, 0.29) is 0 Å². The number of nitrogens with one attached hydrogen (secondary N) is 1. The lowest BCUT2D eigenvalue weighted by Crippen LogP contribution is -2.13. The maximum absolute atomic E-state index is 12.1. The highest BCUT2D eigenvalue weighted by Gasteiger charge is 2.19. The lowest BCUT2D eigenvalue weighted by Gasteiger charge is -2.08. The first-order valence-electron chi connectivity index (χ1n) is 5.97. The quantitative estimate of drug-likeness (QED) is 0.788. The first kappa shape index (κ1) is 11.3. The number of carbonyl (C=O) groups is 1. The summed E-state index contributed by atoms with van der Waals surface area (Å²) in [5.74, 6) is 0.828. The SMILES string of the molecule is Cc1cc(C)cc(C(=O)CC2CCNC2)c1. The van der Waals surface area contributed by atoms with Gasteiger partial charge in [0.25, 0.3) is 0 Å². The van der Waals surface area contributed by atoms with E-state index in [1.165, 1.54) is 11.1 Å². The average Bonchev–Trinajstić information content (AvgIpc) is 2.68. The number of carbonyl (C=O) groups excluding carboxylic acids is 1. The fourth-order valence-corrected chi connectivity index (χ4v) is 2.40. The second-order valence-corrected chi connectivity index (χ2v) is 4.86. The van der Waals surface area contributed by atoms with Crippen LogP contribution >= 0.6 is 0 Å². The molecule has 0 radical (unpaired) electrons. The third-order valence-corrected chi connectivity index (χ3v) is 3.18. The summed E-state index contributed by atoms with van der Waals surface area (Å²) in [6.07, 6.45) is 1.83. The Bertz CT molecular complexity index is 371. The summed E-state index contributed by atoms with van der Waals surface area (Å²) in [7, 11) is 0. The van der Waals surface area contributed by atoms with E-state index >= 15 is 0 Å². The lowest BCUT2D eigenvalue weighted by molar-refractivity contribution is 0.0964. The standard InChI is InChI=1S/C14H19NO/c1-10-5-11(2)7-13(6-10)14(16)8-12-3-4-15-9-12/h5-7,12,15H,3-4,8-9H2,1-2H3. The van der Waals surface area contributed by atoms with Crippen molar-refractivity contribution in [3.63, 3.8) is 0 Å². The highest BCUT2D eigenvalue weighted by Crippen LogP contribution is 2.17. The van der Waals surface area contributed by atoms with Gasteiger partial charge in [0.05, 0.1) is 0 Å². The molecule has 0 bridgehead atoms. The van der Waals surface area contributed by atoms with Gasteiger partial charge in [-0.25, -0.2) is 0 Å². The number of hydrogen-bond acceptors (Lipinski definition) is 2. The number of rotatable bonds is 3. The molecule has 0 aliphatic carbocycles. The van der Waals surface area contributed by atoms with Crippen molar-refractivity contribution in [2.75, 3.05) is 13.1 Å². The maximum atomic E-state index is 12.1. The number of Topliss-reactive ketones (excluding diaryl/α,β-unsaturated/α-hetero) is 1. The Morgan fingerprint density at radius 2 is 2.00 bits per heavy atom. The fourth-order valence-electron chi connectivity index (χ4n) is 2.40. The minimum atomic E-state index is 0.292. The predicted molar refractivity (Wildman–Crippen MR) is 65.8 cm³/mol. The first-order chi connectivity index (χ1) is 7.65. The van der Waals surface area contributed by atoms with Crippen LogP contribution in [0.1, 0.15) is 34.3 Å². The first-order valence-corrected chi connectivity index (χ1v) is 5.97. The van der Waals surface area contributed by atoms with Gasteiger partial charge in [-0.15, -0.1) is 0 Å². The Morgan fingerprint density at radius 1 is 1.31 bits per heavy atom. The van der Waals surface area contributed by atoms with E-state index in [1.54, 1.807) is 0 Å². The van der Waals surface area contributed by atoms with Crippen LogP contribution in [0.5, 0.6) is 0 Å². The summed E-state index contributed by atoms with van der Waals surface area (Å²) in [6, 6.07) is 6.10. The molecule has 1 aliphatic heterocycles. The van der Waals surface area contributed by atoms with Crippen molar-refractivity contribution in [2.24, 2.45) is 5.92 Å². The van der Waals surface area contributed by atoms with Crippen LogP contribution in [0.15, 0.2) is 18.2 Å². The van der Waals surface area contributed by atoms with Crippen LogP contribution in [-0.4, -0.2) is 18.9 Å². The van der Waals surface area contributed by atoms with Gasteiger partial charge in [0, 0.05) is 12.0 Å². The summed E-state index contributed by atoms with van der Waals surface area (Å²) >= 11 is 0. The van der Waals surface area contributed by atoms with Gasteiger partial charge >= 0.3 is 0 Å². The molecule has 1 aromatic carbocycles. The van der Waals surface area contributed by atoms with Crippen LogP contribution in [0.3, 0.4) is 0 Å². The number of ketones is 1. The van der Waals surface area contributed by atoms with E-state index in [0.717, 1.165) is 25.1 Å². The van der Waals surface area contributed by atoms with Gasteiger partial charge in [0.1, 0.15) is 0 Å². The summed E-state index contributed by atoms with van der Waals surface area (Å²) < 4.78 is 0. The molecule has 1 heterocycles.